The van der Waals surface area contributed by atoms with E-state index in [1.54, 1.807) is 0 Å². The van der Waals surface area contributed by atoms with Crippen LogP contribution in [0.5, 0.6) is 0 Å². The standard InChI is InChI=1S/C7H16N2S/c1-10-7-6-9-4-2-8-3-5-9/h8H,2-7H2,1H3. The van der Waals surface area contributed by atoms with Crippen molar-refractivity contribution in [2.75, 3.05) is 44.7 Å². The molecule has 0 radical (unpaired) electrons. The number of thioether (sulfide) groups is 1. The van der Waals surface area contributed by atoms with E-state index in [2.05, 4.69) is 16.5 Å². The van der Waals surface area contributed by atoms with Crippen molar-refractivity contribution in [1.29, 1.82) is 0 Å². The molecule has 1 fully saturated rings. The molecule has 1 rings (SSSR count). The average Bonchev–Trinajstić information content (AvgIpc) is 2.03. The molecule has 0 aliphatic carbocycles. The Bertz CT molecular complexity index is 81.7. The fourth-order valence-electron chi connectivity index (χ4n) is 1.16. The van der Waals surface area contributed by atoms with Gasteiger partial charge in [0.1, 0.15) is 0 Å². The van der Waals surface area contributed by atoms with Gasteiger partial charge < -0.3 is 5.32 Å². The first kappa shape index (κ1) is 8.37. The molecule has 0 unspecified atom stereocenters. The molecule has 1 N–H and O–H groups in total. The summed E-state index contributed by atoms with van der Waals surface area (Å²) in [6.45, 7) is 6.09. The second kappa shape index (κ2) is 4.99. The predicted octanol–water partition coefficient (Wildman–Crippen LogP) is 0.255. The number of rotatable bonds is 3. The second-order valence-corrected chi connectivity index (χ2v) is 3.57. The van der Waals surface area contributed by atoms with Crippen molar-refractivity contribution in [2.45, 2.75) is 0 Å². The lowest BCUT2D eigenvalue weighted by Crippen LogP contribution is -2.44. The van der Waals surface area contributed by atoms with Crippen LogP contribution in [0, 0.1) is 0 Å². The molecule has 0 aromatic carbocycles. The molecule has 0 aromatic rings. The summed E-state index contributed by atoms with van der Waals surface area (Å²) >= 11 is 1.93. The Morgan fingerprint density at radius 3 is 2.70 bits per heavy atom. The molecular weight excluding hydrogens is 144 g/mol. The van der Waals surface area contributed by atoms with Gasteiger partial charge in [0.15, 0.2) is 0 Å². The molecule has 0 spiro atoms. The molecule has 1 heterocycles. The van der Waals surface area contributed by atoms with Crippen LogP contribution in [0.15, 0.2) is 0 Å². The van der Waals surface area contributed by atoms with Gasteiger partial charge in [-0.3, -0.25) is 4.90 Å². The van der Waals surface area contributed by atoms with Gasteiger partial charge >= 0.3 is 0 Å². The summed E-state index contributed by atoms with van der Waals surface area (Å²) in [4.78, 5) is 2.52. The first-order valence-corrected chi connectivity index (χ1v) is 5.25. The molecule has 2 nitrogen and oxygen atoms in total. The third-order valence-corrected chi connectivity index (χ3v) is 2.41. The van der Waals surface area contributed by atoms with Gasteiger partial charge in [0.2, 0.25) is 0 Å². The average molecular weight is 160 g/mol. The quantitative estimate of drug-likeness (QED) is 0.637. The number of nitrogens with zero attached hydrogens (tertiary/aromatic N) is 1. The van der Waals surface area contributed by atoms with Crippen molar-refractivity contribution in [2.24, 2.45) is 0 Å². The SMILES string of the molecule is CSCCN1CCNCC1. The summed E-state index contributed by atoms with van der Waals surface area (Å²) in [6.07, 6.45) is 2.17. The summed E-state index contributed by atoms with van der Waals surface area (Å²) in [5, 5.41) is 3.34. The molecular formula is C7H16N2S. The minimum Gasteiger partial charge on any atom is -0.314 e. The third-order valence-electron chi connectivity index (χ3n) is 1.82. The van der Waals surface area contributed by atoms with E-state index >= 15 is 0 Å². The van der Waals surface area contributed by atoms with E-state index in [4.69, 9.17) is 0 Å². The van der Waals surface area contributed by atoms with Gasteiger partial charge in [0.05, 0.1) is 0 Å². The zero-order chi connectivity index (χ0) is 7.23. The summed E-state index contributed by atoms with van der Waals surface area (Å²) in [6, 6.07) is 0. The van der Waals surface area contributed by atoms with Crippen LogP contribution in [0.2, 0.25) is 0 Å². The van der Waals surface area contributed by atoms with Crippen molar-refractivity contribution < 1.29 is 0 Å². The van der Waals surface area contributed by atoms with Crippen LogP contribution in [-0.4, -0.2) is 49.6 Å². The van der Waals surface area contributed by atoms with Crippen LogP contribution in [0.25, 0.3) is 0 Å². The second-order valence-electron chi connectivity index (χ2n) is 2.58. The normalized spacial score (nSPS) is 21.3. The van der Waals surface area contributed by atoms with Crippen molar-refractivity contribution in [3.8, 4) is 0 Å². The molecule has 0 saturated carbocycles. The predicted molar refractivity (Wildman–Crippen MR) is 47.7 cm³/mol. The van der Waals surface area contributed by atoms with Crippen LogP contribution < -0.4 is 5.32 Å². The maximum atomic E-state index is 3.34. The number of hydrogen-bond acceptors (Lipinski definition) is 3. The Kier molecular flexibility index (Phi) is 4.18. The molecule has 1 aliphatic heterocycles. The van der Waals surface area contributed by atoms with Crippen LogP contribution in [0.4, 0.5) is 0 Å². The molecule has 1 saturated heterocycles. The van der Waals surface area contributed by atoms with Crippen LogP contribution in [-0.2, 0) is 0 Å². The van der Waals surface area contributed by atoms with Gasteiger partial charge in [-0.15, -0.1) is 0 Å². The van der Waals surface area contributed by atoms with E-state index in [9.17, 15) is 0 Å². The van der Waals surface area contributed by atoms with Crippen molar-refractivity contribution in [3.63, 3.8) is 0 Å². The topological polar surface area (TPSA) is 15.3 Å². The van der Waals surface area contributed by atoms with Crippen molar-refractivity contribution in [1.82, 2.24) is 10.2 Å². The lowest BCUT2D eigenvalue weighted by atomic mass is 10.4. The Morgan fingerprint density at radius 2 is 2.10 bits per heavy atom. The molecule has 10 heavy (non-hydrogen) atoms. The highest BCUT2D eigenvalue weighted by Gasteiger charge is 2.07. The van der Waals surface area contributed by atoms with E-state index in [1.807, 2.05) is 11.8 Å². The highest BCUT2D eigenvalue weighted by atomic mass is 32.2. The lowest BCUT2D eigenvalue weighted by Gasteiger charge is -2.26. The molecule has 0 bridgehead atoms. The largest absolute Gasteiger partial charge is 0.314 e. The van der Waals surface area contributed by atoms with E-state index in [0.29, 0.717) is 0 Å². The smallest absolute Gasteiger partial charge is 0.0108 e. The molecule has 60 valence electrons. The monoisotopic (exact) mass is 160 g/mol. The fourth-order valence-corrected chi connectivity index (χ4v) is 1.60. The minimum atomic E-state index is 1.17. The maximum absolute atomic E-state index is 3.34. The van der Waals surface area contributed by atoms with Crippen molar-refractivity contribution in [3.05, 3.63) is 0 Å². The maximum Gasteiger partial charge on any atom is 0.0108 e. The molecule has 0 atom stereocenters. The zero-order valence-corrected chi connectivity index (χ0v) is 7.41. The fraction of sp³-hybridized carbons (Fsp3) is 1.00. The van der Waals surface area contributed by atoms with Gasteiger partial charge in [-0.1, -0.05) is 0 Å². The van der Waals surface area contributed by atoms with Crippen LogP contribution >= 0.6 is 11.8 Å². The van der Waals surface area contributed by atoms with Gasteiger partial charge in [-0.25, -0.2) is 0 Å². The molecule has 0 amide bonds. The van der Waals surface area contributed by atoms with E-state index in [0.717, 1.165) is 0 Å². The van der Waals surface area contributed by atoms with Crippen LogP contribution in [0.3, 0.4) is 0 Å². The first-order valence-electron chi connectivity index (χ1n) is 3.85. The zero-order valence-electron chi connectivity index (χ0n) is 6.60. The summed E-state index contributed by atoms with van der Waals surface area (Å²) in [7, 11) is 0. The highest BCUT2D eigenvalue weighted by molar-refractivity contribution is 7.98. The van der Waals surface area contributed by atoms with Gasteiger partial charge in [0.25, 0.3) is 0 Å². The highest BCUT2D eigenvalue weighted by Crippen LogP contribution is 1.96. The number of hydrogen-bond donors (Lipinski definition) is 1. The lowest BCUT2D eigenvalue weighted by molar-refractivity contribution is 0.255. The van der Waals surface area contributed by atoms with E-state index in [1.165, 1.54) is 38.5 Å². The number of nitrogens with one attached hydrogen (secondary N) is 1. The minimum absolute atomic E-state index is 1.17. The Morgan fingerprint density at radius 1 is 1.40 bits per heavy atom. The van der Waals surface area contributed by atoms with Crippen LogP contribution in [0.1, 0.15) is 0 Å². The van der Waals surface area contributed by atoms with E-state index in [-0.39, 0.29) is 0 Å². The molecule has 0 aromatic heterocycles. The van der Waals surface area contributed by atoms with Gasteiger partial charge in [-0.05, 0) is 6.26 Å². The number of piperazine rings is 1. The Hall–Kier alpha value is 0.270. The summed E-state index contributed by atoms with van der Waals surface area (Å²) in [5.74, 6) is 1.28. The summed E-state index contributed by atoms with van der Waals surface area (Å²) in [5.41, 5.74) is 0. The molecule has 3 heteroatoms. The van der Waals surface area contributed by atoms with Gasteiger partial charge in [0, 0.05) is 38.5 Å². The Balaban J connectivity index is 2.02. The summed E-state index contributed by atoms with van der Waals surface area (Å²) < 4.78 is 0. The van der Waals surface area contributed by atoms with Crippen molar-refractivity contribution >= 4 is 11.8 Å². The van der Waals surface area contributed by atoms with E-state index < -0.39 is 0 Å². The third kappa shape index (κ3) is 2.90. The molecule has 1 aliphatic rings. The first-order chi connectivity index (χ1) is 4.93. The van der Waals surface area contributed by atoms with Gasteiger partial charge in [-0.2, -0.15) is 11.8 Å². The Labute approximate surface area is 67.4 Å².